The van der Waals surface area contributed by atoms with Crippen LogP contribution in [0.5, 0.6) is 0 Å². The Morgan fingerprint density at radius 3 is 2.67 bits per heavy atom. The molecule has 0 aliphatic carbocycles. The van der Waals surface area contributed by atoms with Crippen molar-refractivity contribution in [1.29, 1.82) is 0 Å². The van der Waals surface area contributed by atoms with Crippen molar-refractivity contribution in [3.8, 4) is 0 Å². The number of anilines is 3. The molecule has 4 N–H and O–H groups in total. The fourth-order valence-electron chi connectivity index (χ4n) is 2.04. The minimum Gasteiger partial charge on any atom is -0.340 e. The molecule has 1 aromatic carbocycles. The van der Waals surface area contributed by atoms with Gasteiger partial charge in [-0.3, -0.25) is 0 Å². The van der Waals surface area contributed by atoms with Crippen molar-refractivity contribution in [2.24, 2.45) is 5.84 Å². The van der Waals surface area contributed by atoms with E-state index in [1.54, 1.807) is 6.07 Å². The Hall–Kier alpha value is -1.73. The minimum atomic E-state index is -0.293. The highest BCUT2D eigenvalue weighted by Gasteiger charge is 2.12. The molecule has 0 unspecified atom stereocenters. The number of hydrogen-bond acceptors (Lipinski definition) is 5. The number of halogens is 2. The van der Waals surface area contributed by atoms with E-state index < -0.39 is 0 Å². The molecule has 112 valence electrons. The molecule has 21 heavy (non-hydrogen) atoms. The molecule has 0 radical (unpaired) electrons. The maximum absolute atomic E-state index is 13.5. The predicted molar refractivity (Wildman–Crippen MR) is 86.0 cm³/mol. The Morgan fingerprint density at radius 1 is 1.29 bits per heavy atom. The number of hydrazine groups is 1. The van der Waals surface area contributed by atoms with Crippen LogP contribution in [-0.4, -0.2) is 9.97 Å². The molecule has 2 aromatic rings. The average molecular weight is 354 g/mol. The first-order valence-corrected chi connectivity index (χ1v) is 7.39. The Balaban J connectivity index is 2.42. The summed E-state index contributed by atoms with van der Waals surface area (Å²) in [5.41, 5.74) is 5.06. The van der Waals surface area contributed by atoms with Gasteiger partial charge in [0, 0.05) is 11.3 Å². The first-order chi connectivity index (χ1) is 10.1. The lowest BCUT2D eigenvalue weighted by Gasteiger charge is -2.15. The standard InChI is InChI=1S/C14H17BrFN5/c1-3-4-9-13(18-7-19-14(9)21-17)20-12-6-10(15)11(16)5-8(12)2/h5-7H,3-4,17H2,1-2H3,(H2,18,19,20,21). The number of nitrogens with two attached hydrogens (primary N) is 1. The summed E-state index contributed by atoms with van der Waals surface area (Å²) in [6, 6.07) is 3.16. The van der Waals surface area contributed by atoms with Crippen molar-refractivity contribution < 1.29 is 4.39 Å². The highest BCUT2D eigenvalue weighted by molar-refractivity contribution is 9.10. The fraction of sp³-hybridized carbons (Fsp3) is 0.286. The van der Waals surface area contributed by atoms with Gasteiger partial charge in [0.05, 0.1) is 4.47 Å². The lowest BCUT2D eigenvalue weighted by molar-refractivity contribution is 0.620. The number of rotatable bonds is 5. The zero-order valence-electron chi connectivity index (χ0n) is 11.9. The smallest absolute Gasteiger partial charge is 0.148 e. The van der Waals surface area contributed by atoms with Crippen LogP contribution in [0, 0.1) is 12.7 Å². The van der Waals surface area contributed by atoms with Crippen LogP contribution in [0.1, 0.15) is 24.5 Å². The number of nitrogen functional groups attached to an aromatic ring is 1. The van der Waals surface area contributed by atoms with Gasteiger partial charge in [0.25, 0.3) is 0 Å². The number of aryl methyl sites for hydroxylation is 1. The first kappa shape index (κ1) is 15.7. The third-order valence-corrected chi connectivity index (χ3v) is 3.71. The van der Waals surface area contributed by atoms with Gasteiger partial charge in [-0.2, -0.15) is 0 Å². The summed E-state index contributed by atoms with van der Waals surface area (Å²) in [6.45, 7) is 3.90. The number of nitrogens with one attached hydrogen (secondary N) is 2. The molecule has 0 saturated carbocycles. The Kier molecular flexibility index (Phi) is 5.08. The van der Waals surface area contributed by atoms with E-state index in [0.717, 1.165) is 29.7 Å². The van der Waals surface area contributed by atoms with E-state index in [4.69, 9.17) is 5.84 Å². The molecule has 0 aliphatic heterocycles. The summed E-state index contributed by atoms with van der Waals surface area (Å²) in [7, 11) is 0. The van der Waals surface area contributed by atoms with E-state index >= 15 is 0 Å². The normalized spacial score (nSPS) is 10.5. The highest BCUT2D eigenvalue weighted by Crippen LogP contribution is 2.29. The third kappa shape index (κ3) is 3.48. The lowest BCUT2D eigenvalue weighted by Crippen LogP contribution is -2.13. The largest absolute Gasteiger partial charge is 0.340 e. The van der Waals surface area contributed by atoms with E-state index in [2.05, 4.69) is 43.6 Å². The Morgan fingerprint density at radius 2 is 2.00 bits per heavy atom. The fourth-order valence-corrected chi connectivity index (χ4v) is 2.38. The second-order valence-electron chi connectivity index (χ2n) is 4.65. The first-order valence-electron chi connectivity index (χ1n) is 6.60. The number of hydrogen-bond donors (Lipinski definition) is 3. The minimum absolute atomic E-state index is 0.293. The van der Waals surface area contributed by atoms with Crippen LogP contribution in [0.25, 0.3) is 0 Å². The molecular formula is C14H17BrFN5. The topological polar surface area (TPSA) is 75.9 Å². The van der Waals surface area contributed by atoms with E-state index in [-0.39, 0.29) is 5.82 Å². The molecule has 7 heteroatoms. The van der Waals surface area contributed by atoms with E-state index in [9.17, 15) is 4.39 Å². The molecular weight excluding hydrogens is 337 g/mol. The Labute approximate surface area is 131 Å². The maximum Gasteiger partial charge on any atom is 0.148 e. The van der Waals surface area contributed by atoms with Crippen LogP contribution in [-0.2, 0) is 6.42 Å². The van der Waals surface area contributed by atoms with Gasteiger partial charge in [0.2, 0.25) is 0 Å². The van der Waals surface area contributed by atoms with Crippen LogP contribution in [0.2, 0.25) is 0 Å². The molecule has 0 amide bonds. The van der Waals surface area contributed by atoms with Crippen LogP contribution in [0.3, 0.4) is 0 Å². The lowest BCUT2D eigenvalue weighted by atomic mass is 10.1. The van der Waals surface area contributed by atoms with Gasteiger partial charge < -0.3 is 10.7 Å². The summed E-state index contributed by atoms with van der Waals surface area (Å²) in [5, 5.41) is 3.23. The van der Waals surface area contributed by atoms with E-state index in [1.165, 1.54) is 12.4 Å². The predicted octanol–water partition coefficient (Wildman–Crippen LogP) is 3.67. The van der Waals surface area contributed by atoms with Crippen molar-refractivity contribution in [2.75, 3.05) is 10.7 Å². The second kappa shape index (κ2) is 6.82. The summed E-state index contributed by atoms with van der Waals surface area (Å²) in [5.74, 6) is 6.46. The van der Waals surface area contributed by atoms with E-state index in [1.807, 2.05) is 6.92 Å². The molecule has 1 heterocycles. The molecule has 0 bridgehead atoms. The quantitative estimate of drug-likeness (QED) is 0.564. The van der Waals surface area contributed by atoms with Gasteiger partial charge in [0.15, 0.2) is 0 Å². The van der Waals surface area contributed by atoms with Crippen LogP contribution >= 0.6 is 15.9 Å². The molecule has 5 nitrogen and oxygen atoms in total. The molecule has 0 fully saturated rings. The van der Waals surface area contributed by atoms with Crippen LogP contribution in [0.15, 0.2) is 22.9 Å². The van der Waals surface area contributed by atoms with Gasteiger partial charge in [0.1, 0.15) is 23.8 Å². The molecule has 0 spiro atoms. The molecule has 0 aliphatic rings. The number of benzene rings is 1. The van der Waals surface area contributed by atoms with Gasteiger partial charge in [-0.25, -0.2) is 20.2 Å². The summed E-state index contributed by atoms with van der Waals surface area (Å²) >= 11 is 3.19. The SMILES string of the molecule is CCCc1c(NN)ncnc1Nc1cc(Br)c(F)cc1C. The second-order valence-corrected chi connectivity index (χ2v) is 5.50. The zero-order chi connectivity index (χ0) is 15.4. The summed E-state index contributed by atoms with van der Waals surface area (Å²) in [6.07, 6.45) is 3.15. The summed E-state index contributed by atoms with van der Waals surface area (Å²) in [4.78, 5) is 8.38. The molecule has 0 atom stereocenters. The monoisotopic (exact) mass is 353 g/mol. The number of nitrogens with zero attached hydrogens (tertiary/aromatic N) is 2. The van der Waals surface area contributed by atoms with Crippen molar-refractivity contribution >= 4 is 33.3 Å². The summed E-state index contributed by atoms with van der Waals surface area (Å²) < 4.78 is 13.9. The van der Waals surface area contributed by atoms with E-state index in [0.29, 0.717) is 16.1 Å². The molecule has 1 aromatic heterocycles. The van der Waals surface area contributed by atoms with Crippen molar-refractivity contribution in [1.82, 2.24) is 9.97 Å². The van der Waals surface area contributed by atoms with Crippen molar-refractivity contribution in [3.05, 3.63) is 39.9 Å². The van der Waals surface area contributed by atoms with Crippen molar-refractivity contribution in [2.45, 2.75) is 26.7 Å². The third-order valence-electron chi connectivity index (χ3n) is 3.10. The van der Waals surface area contributed by atoms with Gasteiger partial charge >= 0.3 is 0 Å². The molecule has 0 saturated heterocycles. The van der Waals surface area contributed by atoms with Gasteiger partial charge in [-0.1, -0.05) is 13.3 Å². The van der Waals surface area contributed by atoms with Crippen molar-refractivity contribution in [3.63, 3.8) is 0 Å². The van der Waals surface area contributed by atoms with Crippen LogP contribution < -0.4 is 16.6 Å². The molecule has 2 rings (SSSR count). The Bertz CT molecular complexity index is 648. The van der Waals surface area contributed by atoms with Gasteiger partial charge in [-0.15, -0.1) is 0 Å². The number of aromatic nitrogens is 2. The maximum atomic E-state index is 13.5. The highest BCUT2D eigenvalue weighted by atomic mass is 79.9. The average Bonchev–Trinajstić information content (AvgIpc) is 2.46. The zero-order valence-corrected chi connectivity index (χ0v) is 13.5. The van der Waals surface area contributed by atoms with Crippen LogP contribution in [0.4, 0.5) is 21.7 Å². The van der Waals surface area contributed by atoms with Gasteiger partial charge in [-0.05, 0) is 47.0 Å².